The summed E-state index contributed by atoms with van der Waals surface area (Å²) in [6.07, 6.45) is 3.41. The minimum absolute atomic E-state index is 0.112. The molecule has 23 heavy (non-hydrogen) atoms. The SMILES string of the molecule is COc1ccc(CC(=O)Nc2nc(-c3ccncn3)cs2)cc1. The Morgan fingerprint density at radius 2 is 2.04 bits per heavy atom. The van der Waals surface area contributed by atoms with E-state index >= 15 is 0 Å². The van der Waals surface area contributed by atoms with Gasteiger partial charge in [-0.05, 0) is 23.8 Å². The predicted octanol–water partition coefficient (Wildman–Crippen LogP) is 2.79. The molecule has 0 spiro atoms. The molecule has 0 aliphatic rings. The molecule has 2 aromatic heterocycles. The molecule has 7 heteroatoms. The minimum atomic E-state index is -0.112. The van der Waals surface area contributed by atoms with E-state index in [1.54, 1.807) is 19.4 Å². The second-order valence-corrected chi connectivity index (χ2v) is 5.56. The molecule has 1 N–H and O–H groups in total. The van der Waals surface area contributed by atoms with E-state index in [4.69, 9.17) is 4.74 Å². The van der Waals surface area contributed by atoms with Gasteiger partial charge < -0.3 is 10.1 Å². The van der Waals surface area contributed by atoms with Crippen LogP contribution >= 0.6 is 11.3 Å². The van der Waals surface area contributed by atoms with Crippen LogP contribution in [0.15, 0.2) is 48.2 Å². The molecule has 0 aliphatic heterocycles. The zero-order valence-corrected chi connectivity index (χ0v) is 13.2. The highest BCUT2D eigenvalue weighted by molar-refractivity contribution is 7.14. The molecule has 0 radical (unpaired) electrons. The molecular weight excluding hydrogens is 312 g/mol. The molecule has 0 atom stereocenters. The lowest BCUT2D eigenvalue weighted by Gasteiger charge is -2.03. The van der Waals surface area contributed by atoms with Crippen molar-refractivity contribution in [3.8, 4) is 17.1 Å². The van der Waals surface area contributed by atoms with Gasteiger partial charge in [-0.25, -0.2) is 15.0 Å². The number of carbonyl (C=O) groups is 1. The summed E-state index contributed by atoms with van der Waals surface area (Å²) in [4.78, 5) is 24.5. The van der Waals surface area contributed by atoms with E-state index in [0.717, 1.165) is 22.7 Å². The molecule has 3 aromatic rings. The van der Waals surface area contributed by atoms with Crippen molar-refractivity contribution in [2.45, 2.75) is 6.42 Å². The largest absolute Gasteiger partial charge is 0.497 e. The van der Waals surface area contributed by atoms with Gasteiger partial charge in [-0.2, -0.15) is 0 Å². The molecule has 1 aromatic carbocycles. The second-order valence-electron chi connectivity index (χ2n) is 4.71. The standard InChI is InChI=1S/C16H14N4O2S/c1-22-12-4-2-11(3-5-12)8-15(21)20-16-19-14(9-23-16)13-6-7-17-10-18-13/h2-7,9-10H,8H2,1H3,(H,19,20,21). The molecule has 3 rings (SSSR count). The number of ether oxygens (including phenoxy) is 1. The predicted molar refractivity (Wildman–Crippen MR) is 88.5 cm³/mol. The van der Waals surface area contributed by atoms with Crippen LogP contribution in [0.1, 0.15) is 5.56 Å². The van der Waals surface area contributed by atoms with Gasteiger partial charge in [0.2, 0.25) is 5.91 Å². The first-order valence-electron chi connectivity index (χ1n) is 6.89. The molecule has 0 aliphatic carbocycles. The van der Waals surface area contributed by atoms with Gasteiger partial charge in [0.05, 0.1) is 19.2 Å². The summed E-state index contributed by atoms with van der Waals surface area (Å²) in [5, 5.41) is 5.21. The molecule has 1 amide bonds. The molecule has 116 valence electrons. The zero-order valence-electron chi connectivity index (χ0n) is 12.4. The van der Waals surface area contributed by atoms with E-state index in [0.29, 0.717) is 5.13 Å². The highest BCUT2D eigenvalue weighted by Gasteiger charge is 2.09. The molecule has 0 saturated carbocycles. The number of benzene rings is 1. The van der Waals surface area contributed by atoms with Crippen LogP contribution in [-0.2, 0) is 11.2 Å². The van der Waals surface area contributed by atoms with Crippen molar-refractivity contribution in [2.24, 2.45) is 0 Å². The average molecular weight is 326 g/mol. The van der Waals surface area contributed by atoms with Crippen LogP contribution < -0.4 is 10.1 Å². The van der Waals surface area contributed by atoms with Gasteiger partial charge in [0.1, 0.15) is 17.8 Å². The number of nitrogens with one attached hydrogen (secondary N) is 1. The Labute approximate surface area is 137 Å². The summed E-state index contributed by atoms with van der Waals surface area (Å²) in [7, 11) is 1.61. The van der Waals surface area contributed by atoms with Crippen LogP contribution in [0.3, 0.4) is 0 Å². The Balaban J connectivity index is 1.63. The van der Waals surface area contributed by atoms with E-state index in [1.165, 1.54) is 17.7 Å². The first kappa shape index (κ1) is 15.1. The van der Waals surface area contributed by atoms with Gasteiger partial charge in [-0.1, -0.05) is 12.1 Å². The zero-order chi connectivity index (χ0) is 16.1. The van der Waals surface area contributed by atoms with Crippen molar-refractivity contribution in [1.82, 2.24) is 15.0 Å². The Hall–Kier alpha value is -2.80. The summed E-state index contributed by atoms with van der Waals surface area (Å²) in [6.45, 7) is 0. The smallest absolute Gasteiger partial charge is 0.230 e. The fraction of sp³-hybridized carbons (Fsp3) is 0.125. The number of thiazole rings is 1. The van der Waals surface area contributed by atoms with E-state index in [1.807, 2.05) is 29.6 Å². The monoisotopic (exact) mass is 326 g/mol. The number of anilines is 1. The van der Waals surface area contributed by atoms with E-state index in [9.17, 15) is 4.79 Å². The maximum absolute atomic E-state index is 12.1. The Morgan fingerprint density at radius 1 is 1.22 bits per heavy atom. The first-order chi connectivity index (χ1) is 11.2. The molecule has 6 nitrogen and oxygen atoms in total. The van der Waals surface area contributed by atoms with Gasteiger partial charge in [-0.15, -0.1) is 11.3 Å². The molecular formula is C16H14N4O2S. The Morgan fingerprint density at radius 3 is 2.74 bits per heavy atom. The van der Waals surface area contributed by atoms with Crippen molar-refractivity contribution in [1.29, 1.82) is 0 Å². The van der Waals surface area contributed by atoms with Crippen LogP contribution in [0.5, 0.6) is 5.75 Å². The molecule has 0 bridgehead atoms. The third-order valence-corrected chi connectivity index (χ3v) is 3.88. The third kappa shape index (κ3) is 3.89. The van der Waals surface area contributed by atoms with Gasteiger partial charge in [0.25, 0.3) is 0 Å². The first-order valence-corrected chi connectivity index (χ1v) is 7.77. The van der Waals surface area contributed by atoms with Gasteiger partial charge in [-0.3, -0.25) is 4.79 Å². The van der Waals surface area contributed by atoms with Crippen LogP contribution in [0.25, 0.3) is 11.4 Å². The Bertz CT molecular complexity index is 787. The fourth-order valence-electron chi connectivity index (χ4n) is 1.98. The highest BCUT2D eigenvalue weighted by Crippen LogP contribution is 2.23. The number of carbonyl (C=O) groups excluding carboxylic acids is 1. The molecule has 0 fully saturated rings. The lowest BCUT2D eigenvalue weighted by atomic mass is 10.1. The van der Waals surface area contributed by atoms with Crippen molar-refractivity contribution < 1.29 is 9.53 Å². The van der Waals surface area contributed by atoms with Crippen molar-refractivity contribution in [2.75, 3.05) is 12.4 Å². The number of methoxy groups -OCH3 is 1. The normalized spacial score (nSPS) is 10.3. The van der Waals surface area contributed by atoms with Gasteiger partial charge >= 0.3 is 0 Å². The fourth-order valence-corrected chi connectivity index (χ4v) is 2.70. The van der Waals surface area contributed by atoms with Crippen molar-refractivity contribution in [3.63, 3.8) is 0 Å². The topological polar surface area (TPSA) is 77.0 Å². The molecule has 0 saturated heterocycles. The summed E-state index contributed by atoms with van der Waals surface area (Å²) in [6, 6.07) is 9.18. The van der Waals surface area contributed by atoms with Gasteiger partial charge in [0.15, 0.2) is 5.13 Å². The number of amides is 1. The van der Waals surface area contributed by atoms with E-state index in [-0.39, 0.29) is 12.3 Å². The number of nitrogens with zero attached hydrogens (tertiary/aromatic N) is 3. The van der Waals surface area contributed by atoms with Crippen LogP contribution in [0.2, 0.25) is 0 Å². The van der Waals surface area contributed by atoms with E-state index in [2.05, 4.69) is 20.3 Å². The maximum atomic E-state index is 12.1. The second kappa shape index (κ2) is 6.97. The maximum Gasteiger partial charge on any atom is 0.230 e. The summed E-state index contributed by atoms with van der Waals surface area (Å²) < 4.78 is 5.10. The summed E-state index contributed by atoms with van der Waals surface area (Å²) >= 11 is 1.37. The third-order valence-electron chi connectivity index (χ3n) is 3.12. The average Bonchev–Trinajstić information content (AvgIpc) is 3.04. The quantitative estimate of drug-likeness (QED) is 0.780. The number of rotatable bonds is 5. The summed E-state index contributed by atoms with van der Waals surface area (Å²) in [5.74, 6) is 0.655. The van der Waals surface area contributed by atoms with Gasteiger partial charge in [0, 0.05) is 11.6 Å². The molecule has 2 heterocycles. The van der Waals surface area contributed by atoms with Crippen molar-refractivity contribution >= 4 is 22.4 Å². The van der Waals surface area contributed by atoms with Crippen LogP contribution in [0.4, 0.5) is 5.13 Å². The molecule has 0 unspecified atom stereocenters. The minimum Gasteiger partial charge on any atom is -0.497 e. The Kier molecular flexibility index (Phi) is 4.58. The van der Waals surface area contributed by atoms with E-state index < -0.39 is 0 Å². The van der Waals surface area contributed by atoms with Crippen molar-refractivity contribution in [3.05, 3.63) is 53.8 Å². The lowest BCUT2D eigenvalue weighted by Crippen LogP contribution is -2.14. The van der Waals surface area contributed by atoms with Crippen LogP contribution in [-0.4, -0.2) is 28.0 Å². The number of hydrogen-bond donors (Lipinski definition) is 1. The number of hydrogen-bond acceptors (Lipinski definition) is 6. The van der Waals surface area contributed by atoms with Crippen LogP contribution in [0, 0.1) is 0 Å². The lowest BCUT2D eigenvalue weighted by molar-refractivity contribution is -0.115. The summed E-state index contributed by atoms with van der Waals surface area (Å²) in [5.41, 5.74) is 2.36. The number of aromatic nitrogens is 3. The highest BCUT2D eigenvalue weighted by atomic mass is 32.1.